The lowest BCUT2D eigenvalue weighted by Gasteiger charge is -2.24. The van der Waals surface area contributed by atoms with E-state index in [-0.39, 0.29) is 54.1 Å². The summed E-state index contributed by atoms with van der Waals surface area (Å²) in [5.41, 5.74) is 48.1. The molecular weight excluding hydrogens is 1620 g/mol. The van der Waals surface area contributed by atoms with Crippen LogP contribution in [0.4, 0.5) is 0 Å². The first-order chi connectivity index (χ1) is 62.8. The van der Waals surface area contributed by atoms with Crippen molar-refractivity contribution in [3.05, 3.63) is 417 Å². The third kappa shape index (κ3) is 27.2. The Morgan fingerprint density at radius 1 is 0.111 bits per heavy atom. The van der Waals surface area contributed by atoms with Crippen molar-refractivity contribution in [1.29, 1.82) is 0 Å². The van der Waals surface area contributed by atoms with Crippen molar-refractivity contribution in [3.63, 3.8) is 0 Å². The summed E-state index contributed by atoms with van der Waals surface area (Å²) >= 11 is 0. The molecule has 0 radical (unpaired) electrons. The van der Waals surface area contributed by atoms with E-state index >= 15 is 0 Å². The van der Waals surface area contributed by atoms with Gasteiger partial charge in [0.15, 0.2) is 0 Å². The maximum absolute atomic E-state index is 2.37. The molecule has 0 bridgehead atoms. The second-order valence-electron chi connectivity index (χ2n) is 48.4. The quantitative estimate of drug-likeness (QED) is 0.128. The van der Waals surface area contributed by atoms with Gasteiger partial charge in [-0.25, -0.2) is 0 Å². The predicted molar refractivity (Wildman–Crippen MR) is 597 cm³/mol. The van der Waals surface area contributed by atoms with E-state index in [1.165, 1.54) is 195 Å². The van der Waals surface area contributed by atoms with Gasteiger partial charge in [0.25, 0.3) is 0 Å². The Labute approximate surface area is 819 Å². The molecule has 0 saturated heterocycles. The lowest BCUT2D eigenvalue weighted by molar-refractivity contribution is 0.586. The summed E-state index contributed by atoms with van der Waals surface area (Å²) in [6.45, 7) is 79.2. The van der Waals surface area contributed by atoms with Crippen molar-refractivity contribution in [2.75, 3.05) is 0 Å². The number of aryl methyl sites for hydroxylation is 5. The van der Waals surface area contributed by atoms with Gasteiger partial charge < -0.3 is 0 Å². The Morgan fingerprint density at radius 3 is 0.615 bits per heavy atom. The average Bonchev–Trinajstić information content (AvgIpc) is 0.780. The zero-order chi connectivity index (χ0) is 99.1. The minimum absolute atomic E-state index is 0.111. The lowest BCUT2D eigenvalue weighted by Crippen LogP contribution is -2.13. The van der Waals surface area contributed by atoms with E-state index in [4.69, 9.17) is 0 Å². The average molecular weight is 1780 g/mol. The fourth-order valence-electron chi connectivity index (χ4n) is 18.1. The zero-order valence-electron chi connectivity index (χ0n) is 89.3. The highest BCUT2D eigenvalue weighted by Gasteiger charge is 2.26. The van der Waals surface area contributed by atoms with Gasteiger partial charge in [-0.15, -0.1) is 0 Å². The zero-order valence-corrected chi connectivity index (χ0v) is 89.3. The summed E-state index contributed by atoms with van der Waals surface area (Å²) in [6.07, 6.45) is 0. The van der Waals surface area contributed by atoms with Crippen LogP contribution in [0.3, 0.4) is 0 Å². The SMILES string of the molecule is CC(C)(C)c1ccc(-c2ccc(-c3ccc(C(C)(C)C)cc3)cc2)cc1.CC(C)(C)c1ccc(-c2ccc(C(C)(C)C)c(-c3ccccc3)c2)cc1.Cc1cc(-c2ccc(-c3ccc(C(C)(C)C)cc3)cc2)ccc1C(C)(C)C.Cc1cc(-c2ccc(C(C)(C)C)cc2-c2ccccc2)ccc1C(C)(C)C.Cc1cc(C(C)(C)C)ccc1-c1ccc(-c2ccc(C(C)(C)C)cc2C)c(C)c1. The van der Waals surface area contributed by atoms with Crippen LogP contribution in [0.25, 0.3) is 111 Å². The van der Waals surface area contributed by atoms with Crippen molar-refractivity contribution in [1.82, 2.24) is 0 Å². The summed E-state index contributed by atoms with van der Waals surface area (Å²) in [7, 11) is 0. The predicted octanol–water partition coefficient (Wildman–Crippen LogP) is 39.6. The van der Waals surface area contributed by atoms with Crippen molar-refractivity contribution in [2.45, 2.75) is 296 Å². The first kappa shape index (κ1) is 104. The summed E-state index contributed by atoms with van der Waals surface area (Å²) in [4.78, 5) is 0. The Bertz CT molecular complexity index is 6390. The molecule has 0 aliphatic carbocycles. The molecule has 0 atom stereocenters. The molecule has 0 aliphatic heterocycles. The Balaban J connectivity index is 0.000000162. The summed E-state index contributed by atoms with van der Waals surface area (Å²) in [5, 5.41) is 0. The van der Waals surface area contributed by atoms with E-state index < -0.39 is 0 Å². The van der Waals surface area contributed by atoms with Gasteiger partial charge in [0, 0.05) is 0 Å². The minimum Gasteiger partial charge on any atom is -0.0622 e. The summed E-state index contributed by atoms with van der Waals surface area (Å²) < 4.78 is 0. The minimum atomic E-state index is 0.111. The van der Waals surface area contributed by atoms with Crippen LogP contribution in [0.5, 0.6) is 0 Å². The summed E-state index contributed by atoms with van der Waals surface area (Å²) in [6, 6.07) is 124. The molecule has 0 unspecified atom stereocenters. The maximum atomic E-state index is 2.37. The molecule has 0 nitrogen and oxygen atoms in total. The molecular formula is C135H160. The molecule has 700 valence electrons. The fourth-order valence-corrected chi connectivity index (χ4v) is 18.1. The molecule has 0 N–H and O–H groups in total. The topological polar surface area (TPSA) is 0 Å². The molecule has 0 spiro atoms. The summed E-state index contributed by atoms with van der Waals surface area (Å²) in [5.74, 6) is 0. The van der Waals surface area contributed by atoms with E-state index in [1.54, 1.807) is 0 Å². The number of benzene rings is 15. The molecule has 0 aliphatic rings. The van der Waals surface area contributed by atoms with Gasteiger partial charge in [0.2, 0.25) is 0 Å². The molecule has 0 saturated carbocycles. The van der Waals surface area contributed by atoms with Crippen LogP contribution in [-0.4, -0.2) is 0 Å². The maximum Gasteiger partial charge on any atom is -0.0102 e. The van der Waals surface area contributed by atoms with Crippen LogP contribution < -0.4 is 0 Å². The molecule has 15 rings (SSSR count). The van der Waals surface area contributed by atoms with Crippen LogP contribution in [0.1, 0.15) is 291 Å². The van der Waals surface area contributed by atoms with Crippen molar-refractivity contribution in [3.8, 4) is 111 Å². The van der Waals surface area contributed by atoms with E-state index in [1.807, 2.05) is 0 Å². The Hall–Kier alpha value is -11.7. The molecule has 135 heavy (non-hydrogen) atoms. The van der Waals surface area contributed by atoms with Crippen LogP contribution in [0.15, 0.2) is 334 Å². The number of rotatable bonds is 10. The van der Waals surface area contributed by atoms with E-state index in [9.17, 15) is 0 Å². The molecule has 0 heteroatoms. The van der Waals surface area contributed by atoms with E-state index in [0.29, 0.717) is 0 Å². The highest BCUT2D eigenvalue weighted by atomic mass is 14.3. The van der Waals surface area contributed by atoms with Gasteiger partial charge in [-0.3, -0.25) is 0 Å². The van der Waals surface area contributed by atoms with Gasteiger partial charge >= 0.3 is 0 Å². The molecule has 15 aromatic rings. The Morgan fingerprint density at radius 2 is 0.319 bits per heavy atom. The van der Waals surface area contributed by atoms with Crippen LogP contribution in [0, 0.1) is 34.6 Å². The second kappa shape index (κ2) is 41.5. The first-order valence-corrected chi connectivity index (χ1v) is 49.4. The first-order valence-electron chi connectivity index (χ1n) is 49.4. The third-order valence-electron chi connectivity index (χ3n) is 26.7. The van der Waals surface area contributed by atoms with Crippen LogP contribution in [-0.2, 0) is 54.1 Å². The normalized spacial score (nSPS) is 12.3. The number of hydrogen-bond donors (Lipinski definition) is 0. The second-order valence-corrected chi connectivity index (χ2v) is 48.4. The smallest absolute Gasteiger partial charge is 0.0102 e. The standard InChI is InChI=1S/C29H36.2C27H32.2C26H30/c1-19-16-22(25-14-11-23(17-20(25)2)28(4,5)6)10-13-26(19)27-15-12-24(18-21(27)3)29(7,8)9;1-19-18-23(14-17-25(19)27(5,6)7)22-10-8-20(9-11-22)21-12-15-24(16-13-21)26(2,3)4;1-19-17-21(13-16-25(19)27(5,6)7)23-15-14-22(26(2,3)4)18-24(23)20-11-9-8-10-12-20;1-25(2,3)23-15-11-21(12-16-23)19-7-9-20(10-8-19)22-13-17-24(18-14-22)26(4,5)6;1-25(2,3)22-15-12-19(13-16-22)21-14-17-24(26(4,5)6)23(18-21)20-10-8-7-9-11-20/h10-18H,1-9H3;2*8-18H,1-7H3;2*7-18H,1-6H3. The molecule has 0 fully saturated rings. The largest absolute Gasteiger partial charge is 0.0622 e. The molecule has 0 aromatic heterocycles. The van der Waals surface area contributed by atoms with Crippen molar-refractivity contribution in [2.24, 2.45) is 0 Å². The third-order valence-corrected chi connectivity index (χ3v) is 26.7. The van der Waals surface area contributed by atoms with Gasteiger partial charge in [0.1, 0.15) is 0 Å². The molecule has 15 aromatic carbocycles. The van der Waals surface area contributed by atoms with Crippen molar-refractivity contribution < 1.29 is 0 Å². The van der Waals surface area contributed by atoms with Gasteiger partial charge in [-0.05, 0) is 290 Å². The molecule has 0 heterocycles. The molecule has 0 amide bonds. The van der Waals surface area contributed by atoms with Gasteiger partial charge in [-0.1, -0.05) is 535 Å². The van der Waals surface area contributed by atoms with Crippen LogP contribution >= 0.6 is 0 Å². The highest BCUT2D eigenvalue weighted by Crippen LogP contribution is 2.44. The monoisotopic (exact) mass is 1780 g/mol. The highest BCUT2D eigenvalue weighted by molar-refractivity contribution is 5.86. The lowest BCUT2D eigenvalue weighted by atomic mass is 9.80. The van der Waals surface area contributed by atoms with E-state index in [0.717, 1.165) is 0 Å². The number of hydrogen-bond acceptors (Lipinski definition) is 0. The van der Waals surface area contributed by atoms with Crippen LogP contribution in [0.2, 0.25) is 0 Å². The van der Waals surface area contributed by atoms with Gasteiger partial charge in [0.05, 0.1) is 0 Å². The Kier molecular flexibility index (Phi) is 31.9. The van der Waals surface area contributed by atoms with E-state index in [2.05, 4.69) is 576 Å². The van der Waals surface area contributed by atoms with Gasteiger partial charge in [-0.2, -0.15) is 0 Å². The fraction of sp³-hybridized carbons (Fsp3) is 0.333. The van der Waals surface area contributed by atoms with Crippen molar-refractivity contribution >= 4 is 0 Å².